The fourth-order valence-corrected chi connectivity index (χ4v) is 4.33. The van der Waals surface area contributed by atoms with Gasteiger partial charge in [0.05, 0.1) is 17.5 Å². The predicted octanol–water partition coefficient (Wildman–Crippen LogP) is 4.89. The number of anilines is 1. The van der Waals surface area contributed by atoms with E-state index in [1.54, 1.807) is 12.1 Å². The molecule has 0 saturated carbocycles. The predicted molar refractivity (Wildman–Crippen MR) is 122 cm³/mol. The number of rotatable bonds is 9. The Morgan fingerprint density at radius 2 is 1.60 bits per heavy atom. The molecule has 0 amide bonds. The van der Waals surface area contributed by atoms with Crippen molar-refractivity contribution < 1.29 is 13.2 Å². The van der Waals surface area contributed by atoms with Gasteiger partial charge in [0, 0.05) is 24.3 Å². The van der Waals surface area contributed by atoms with Crippen LogP contribution < -0.4 is 14.4 Å². The first-order valence-corrected chi connectivity index (χ1v) is 11.5. The lowest BCUT2D eigenvalue weighted by molar-refractivity contribution is 0.340. The first-order valence-electron chi connectivity index (χ1n) is 9.66. The van der Waals surface area contributed by atoms with E-state index in [1.807, 2.05) is 68.6 Å². The van der Waals surface area contributed by atoms with Crippen LogP contribution >= 0.6 is 11.6 Å². The molecule has 0 aromatic heterocycles. The summed E-state index contributed by atoms with van der Waals surface area (Å²) in [6, 6.07) is 23.5. The first-order chi connectivity index (χ1) is 14.4. The second-order valence-corrected chi connectivity index (χ2v) is 8.97. The van der Waals surface area contributed by atoms with Crippen LogP contribution in [0.15, 0.2) is 83.8 Å². The number of nitrogens with zero attached hydrogens (tertiary/aromatic N) is 1. The summed E-state index contributed by atoms with van der Waals surface area (Å²) in [6.45, 7) is 2.76. The Hall–Kier alpha value is -2.54. The monoisotopic (exact) mass is 444 g/mol. The minimum absolute atomic E-state index is 0.183. The van der Waals surface area contributed by atoms with Gasteiger partial charge in [-0.3, -0.25) is 0 Å². The molecular weight excluding hydrogens is 420 g/mol. The highest BCUT2D eigenvalue weighted by Crippen LogP contribution is 2.27. The second kappa shape index (κ2) is 9.98. The summed E-state index contributed by atoms with van der Waals surface area (Å²) in [6.07, 6.45) is 0. The number of likely N-dealkylation sites (N-methyl/N-ethyl adjacent to an activating group) is 1. The average Bonchev–Trinajstić information content (AvgIpc) is 2.75. The van der Waals surface area contributed by atoms with E-state index in [1.165, 1.54) is 12.1 Å². The zero-order valence-corrected chi connectivity index (χ0v) is 18.5. The van der Waals surface area contributed by atoms with Crippen molar-refractivity contribution in [2.75, 3.05) is 25.1 Å². The van der Waals surface area contributed by atoms with Crippen molar-refractivity contribution in [3.8, 4) is 5.75 Å². The summed E-state index contributed by atoms with van der Waals surface area (Å²) in [7, 11) is -1.72. The van der Waals surface area contributed by atoms with E-state index < -0.39 is 10.0 Å². The van der Waals surface area contributed by atoms with Crippen LogP contribution in [0.3, 0.4) is 0 Å². The van der Waals surface area contributed by atoms with Gasteiger partial charge in [0.2, 0.25) is 10.0 Å². The number of sulfonamides is 1. The van der Waals surface area contributed by atoms with Crippen LogP contribution in [0, 0.1) is 0 Å². The smallest absolute Gasteiger partial charge is 0.240 e. The maximum Gasteiger partial charge on any atom is 0.240 e. The Labute approximate surface area is 183 Å². The molecule has 30 heavy (non-hydrogen) atoms. The normalized spacial score (nSPS) is 12.4. The third kappa shape index (κ3) is 5.53. The number of hydrogen-bond donors (Lipinski definition) is 1. The zero-order chi connectivity index (χ0) is 21.6. The van der Waals surface area contributed by atoms with Crippen molar-refractivity contribution >= 4 is 27.3 Å². The van der Waals surface area contributed by atoms with Crippen LogP contribution in [0.1, 0.15) is 18.5 Å². The summed E-state index contributed by atoms with van der Waals surface area (Å²) in [5.74, 6) is 0.800. The molecule has 0 fully saturated rings. The fourth-order valence-electron chi connectivity index (χ4n) is 3.16. The van der Waals surface area contributed by atoms with E-state index in [-0.39, 0.29) is 17.5 Å². The van der Waals surface area contributed by atoms with Gasteiger partial charge >= 0.3 is 0 Å². The zero-order valence-electron chi connectivity index (χ0n) is 17.0. The quantitative estimate of drug-likeness (QED) is 0.510. The molecule has 0 heterocycles. The van der Waals surface area contributed by atoms with Gasteiger partial charge in [-0.2, -0.15) is 0 Å². The van der Waals surface area contributed by atoms with E-state index in [2.05, 4.69) is 9.62 Å². The number of halogens is 1. The molecule has 0 aliphatic rings. The molecule has 1 atom stereocenters. The van der Waals surface area contributed by atoms with E-state index in [0.717, 1.165) is 17.0 Å². The molecule has 158 valence electrons. The molecular formula is C23H25ClN2O3S. The van der Waals surface area contributed by atoms with Crippen molar-refractivity contribution in [2.24, 2.45) is 0 Å². The molecule has 0 spiro atoms. The van der Waals surface area contributed by atoms with Gasteiger partial charge in [0.15, 0.2) is 0 Å². The largest absolute Gasteiger partial charge is 0.494 e. The molecule has 0 aliphatic heterocycles. The van der Waals surface area contributed by atoms with Gasteiger partial charge in [0.1, 0.15) is 5.75 Å². The van der Waals surface area contributed by atoms with Crippen LogP contribution in [0.5, 0.6) is 5.75 Å². The molecule has 1 N–H and O–H groups in total. The molecule has 3 aromatic carbocycles. The lowest BCUT2D eigenvalue weighted by atomic mass is 10.1. The Morgan fingerprint density at radius 1 is 0.967 bits per heavy atom. The summed E-state index contributed by atoms with van der Waals surface area (Å²) >= 11 is 5.88. The minimum Gasteiger partial charge on any atom is -0.494 e. The third-order valence-electron chi connectivity index (χ3n) is 4.80. The van der Waals surface area contributed by atoms with Crippen LogP contribution in [0.4, 0.5) is 5.69 Å². The summed E-state index contributed by atoms with van der Waals surface area (Å²) in [5.41, 5.74) is 1.96. The fraction of sp³-hybridized carbons (Fsp3) is 0.217. The molecule has 0 radical (unpaired) electrons. The van der Waals surface area contributed by atoms with Crippen LogP contribution in [-0.2, 0) is 10.0 Å². The van der Waals surface area contributed by atoms with E-state index in [0.29, 0.717) is 11.6 Å². The number of benzene rings is 3. The maximum absolute atomic E-state index is 12.8. The highest BCUT2D eigenvalue weighted by molar-refractivity contribution is 7.89. The Bertz CT molecular complexity index is 1040. The Kier molecular flexibility index (Phi) is 7.37. The van der Waals surface area contributed by atoms with Crippen molar-refractivity contribution in [1.82, 2.24) is 4.72 Å². The number of ether oxygens (including phenoxy) is 1. The molecule has 0 unspecified atom stereocenters. The van der Waals surface area contributed by atoms with Gasteiger partial charge < -0.3 is 9.64 Å². The van der Waals surface area contributed by atoms with Gasteiger partial charge in [-0.1, -0.05) is 41.9 Å². The second-order valence-electron chi connectivity index (χ2n) is 6.77. The van der Waals surface area contributed by atoms with Crippen LogP contribution in [-0.4, -0.2) is 28.6 Å². The molecule has 0 saturated heterocycles. The molecule has 5 nitrogen and oxygen atoms in total. The average molecular weight is 445 g/mol. The highest BCUT2D eigenvalue weighted by Gasteiger charge is 2.22. The third-order valence-corrected chi connectivity index (χ3v) is 6.49. The number of nitrogens with one attached hydrogen (secondary N) is 1. The minimum atomic E-state index is -3.67. The molecule has 3 rings (SSSR count). The standard InChI is InChI=1S/C23H25ClN2O3S/c1-3-29-21-13-11-20(12-14-21)26(2)23(18-7-5-4-6-8-18)17-25-30(27,28)22-15-9-19(24)10-16-22/h4-16,23,25H,3,17H2,1-2H3/t23-/m1/s1. The summed E-state index contributed by atoms with van der Waals surface area (Å²) in [4.78, 5) is 2.23. The van der Waals surface area contributed by atoms with Gasteiger partial charge in [-0.25, -0.2) is 13.1 Å². The van der Waals surface area contributed by atoms with Crippen molar-refractivity contribution in [2.45, 2.75) is 17.9 Å². The van der Waals surface area contributed by atoms with E-state index in [9.17, 15) is 8.42 Å². The van der Waals surface area contributed by atoms with Gasteiger partial charge in [-0.05, 0) is 61.0 Å². The SMILES string of the molecule is CCOc1ccc(N(C)[C@H](CNS(=O)(=O)c2ccc(Cl)cc2)c2ccccc2)cc1. The summed E-state index contributed by atoms with van der Waals surface area (Å²) in [5, 5.41) is 0.492. The lowest BCUT2D eigenvalue weighted by Crippen LogP contribution is -2.36. The van der Waals surface area contributed by atoms with Crippen LogP contribution in [0.2, 0.25) is 5.02 Å². The van der Waals surface area contributed by atoms with Crippen molar-refractivity contribution in [1.29, 1.82) is 0 Å². The van der Waals surface area contributed by atoms with Crippen molar-refractivity contribution in [3.05, 3.63) is 89.4 Å². The van der Waals surface area contributed by atoms with Gasteiger partial charge in [-0.15, -0.1) is 0 Å². The highest BCUT2D eigenvalue weighted by atomic mass is 35.5. The maximum atomic E-state index is 12.8. The Morgan fingerprint density at radius 3 is 2.20 bits per heavy atom. The number of hydrogen-bond acceptors (Lipinski definition) is 4. The molecule has 3 aromatic rings. The lowest BCUT2D eigenvalue weighted by Gasteiger charge is -2.31. The first kappa shape index (κ1) is 22.2. The summed E-state index contributed by atoms with van der Waals surface area (Å²) < 4.78 is 33.8. The van der Waals surface area contributed by atoms with Crippen molar-refractivity contribution in [3.63, 3.8) is 0 Å². The topological polar surface area (TPSA) is 58.6 Å². The molecule has 0 aliphatic carbocycles. The van der Waals surface area contributed by atoms with Crippen LogP contribution in [0.25, 0.3) is 0 Å². The van der Waals surface area contributed by atoms with E-state index in [4.69, 9.17) is 16.3 Å². The Balaban J connectivity index is 1.83. The van der Waals surface area contributed by atoms with Gasteiger partial charge in [0.25, 0.3) is 0 Å². The molecule has 0 bridgehead atoms. The molecule has 7 heteroatoms. The van der Waals surface area contributed by atoms with E-state index >= 15 is 0 Å².